The highest BCUT2D eigenvalue weighted by Gasteiger charge is 2.62. The highest BCUT2D eigenvalue weighted by molar-refractivity contribution is 7.61. The average Bonchev–Trinajstić information content (AvgIpc) is 3.62. The smallest absolute Gasteiger partial charge is 0.0736 e. The molecule has 2 saturated carbocycles. The van der Waals surface area contributed by atoms with E-state index in [-0.39, 0.29) is 0 Å². The standard InChI is InChI=1S/C34H39N2P/c1-3-11-24(12-4-1)28-19-29(25-13-5-2-6-14-25)21-30(20-28)37-35-31-17-9-7-15-26(31)22-33(35)34-23-27-16-8-10-18-32(27)36(34)37/h1-6,11-14,19-21,26-27,31-34H,7-10,15-18,22-23H2. The van der Waals surface area contributed by atoms with Gasteiger partial charge in [-0.1, -0.05) is 86.3 Å². The number of benzene rings is 3. The first-order valence-electron chi connectivity index (χ1n) is 15.0. The normalized spacial score (nSPS) is 35.1. The van der Waals surface area contributed by atoms with E-state index < -0.39 is 8.22 Å². The summed E-state index contributed by atoms with van der Waals surface area (Å²) in [5.74, 6) is 1.89. The highest BCUT2D eigenvalue weighted by atomic mass is 31.1. The lowest BCUT2D eigenvalue weighted by Crippen LogP contribution is -2.38. The first kappa shape index (κ1) is 22.9. The first-order chi connectivity index (χ1) is 18.3. The Morgan fingerprint density at radius 3 is 1.43 bits per heavy atom. The highest BCUT2D eigenvalue weighted by Crippen LogP contribution is 2.67. The molecular formula is C34H39N2P. The van der Waals surface area contributed by atoms with Gasteiger partial charge in [-0.2, -0.15) is 0 Å². The molecule has 6 atom stereocenters. The zero-order chi connectivity index (χ0) is 24.3. The summed E-state index contributed by atoms with van der Waals surface area (Å²) in [7, 11) is -0.455. The molecule has 5 fully saturated rings. The third-order valence-electron chi connectivity index (χ3n) is 10.4. The van der Waals surface area contributed by atoms with Gasteiger partial charge < -0.3 is 0 Å². The molecule has 0 bridgehead atoms. The van der Waals surface area contributed by atoms with Crippen LogP contribution < -0.4 is 5.30 Å². The van der Waals surface area contributed by atoms with Gasteiger partial charge in [-0.05, 0) is 90.8 Å². The summed E-state index contributed by atoms with van der Waals surface area (Å²) in [5.41, 5.74) is 5.46. The summed E-state index contributed by atoms with van der Waals surface area (Å²) in [6, 6.07) is 33.1. The third kappa shape index (κ3) is 3.78. The van der Waals surface area contributed by atoms with E-state index in [1.807, 2.05) is 0 Å². The van der Waals surface area contributed by atoms with Gasteiger partial charge in [0.15, 0.2) is 0 Å². The predicted octanol–water partition coefficient (Wildman–Crippen LogP) is 8.24. The van der Waals surface area contributed by atoms with Crippen LogP contribution in [0.2, 0.25) is 0 Å². The molecule has 3 heteroatoms. The summed E-state index contributed by atoms with van der Waals surface area (Å²) in [5, 5.41) is 1.61. The molecule has 0 radical (unpaired) electrons. The SMILES string of the molecule is c1ccc(-c2cc(-c3ccccc3)cc(P3N4C5CCCCC5CC4C4CC5CCCCC5N43)c2)cc1. The van der Waals surface area contributed by atoms with E-state index in [2.05, 4.69) is 88.2 Å². The molecule has 2 nitrogen and oxygen atoms in total. The molecule has 0 N–H and O–H groups in total. The van der Waals surface area contributed by atoms with Gasteiger partial charge in [0, 0.05) is 29.5 Å². The number of hydrogen-bond acceptors (Lipinski definition) is 2. The van der Waals surface area contributed by atoms with Crippen molar-refractivity contribution in [3.63, 3.8) is 0 Å². The monoisotopic (exact) mass is 506 g/mol. The predicted molar refractivity (Wildman–Crippen MR) is 156 cm³/mol. The van der Waals surface area contributed by atoms with E-state index >= 15 is 0 Å². The Morgan fingerprint density at radius 2 is 0.946 bits per heavy atom. The minimum absolute atomic E-state index is 0.455. The summed E-state index contributed by atoms with van der Waals surface area (Å²) in [6.07, 6.45) is 14.5. The van der Waals surface area contributed by atoms with Crippen molar-refractivity contribution in [1.82, 2.24) is 9.34 Å². The second-order valence-corrected chi connectivity index (χ2v) is 14.4. The molecule has 2 aliphatic carbocycles. The molecule has 190 valence electrons. The average molecular weight is 507 g/mol. The van der Waals surface area contributed by atoms with Crippen molar-refractivity contribution in [2.75, 3.05) is 0 Å². The fourth-order valence-corrected chi connectivity index (χ4v) is 12.4. The van der Waals surface area contributed by atoms with Crippen LogP contribution in [0.4, 0.5) is 0 Å². The maximum atomic E-state index is 3.15. The first-order valence-corrected chi connectivity index (χ1v) is 16.2. The minimum Gasteiger partial charge on any atom is -0.258 e. The molecule has 3 aromatic rings. The molecule has 6 unspecified atom stereocenters. The Balaban J connectivity index is 1.29. The van der Waals surface area contributed by atoms with Crippen LogP contribution in [-0.2, 0) is 0 Å². The number of rotatable bonds is 3. The maximum absolute atomic E-state index is 3.15. The van der Waals surface area contributed by atoms with E-state index in [4.69, 9.17) is 0 Å². The lowest BCUT2D eigenvalue weighted by atomic mass is 9.83. The molecule has 3 saturated heterocycles. The van der Waals surface area contributed by atoms with Crippen LogP contribution in [0, 0.1) is 11.8 Å². The van der Waals surface area contributed by atoms with Crippen molar-refractivity contribution in [3.05, 3.63) is 78.9 Å². The fourth-order valence-electron chi connectivity index (χ4n) is 8.89. The van der Waals surface area contributed by atoms with Crippen LogP contribution in [0.5, 0.6) is 0 Å². The van der Waals surface area contributed by atoms with E-state index in [1.165, 1.54) is 86.5 Å². The lowest BCUT2D eigenvalue weighted by Gasteiger charge is -2.41. The summed E-state index contributed by atoms with van der Waals surface area (Å²) in [4.78, 5) is 0. The summed E-state index contributed by atoms with van der Waals surface area (Å²) >= 11 is 0. The van der Waals surface area contributed by atoms with E-state index in [0.717, 1.165) is 36.0 Å². The molecule has 0 aromatic heterocycles. The van der Waals surface area contributed by atoms with E-state index in [9.17, 15) is 0 Å². The summed E-state index contributed by atoms with van der Waals surface area (Å²) < 4.78 is 6.29. The molecular weight excluding hydrogens is 467 g/mol. The Kier molecular flexibility index (Phi) is 5.79. The van der Waals surface area contributed by atoms with Crippen LogP contribution in [0.25, 0.3) is 22.3 Å². The number of fused-ring (bicyclic) bond motifs is 7. The van der Waals surface area contributed by atoms with Gasteiger partial charge in [0.05, 0.1) is 8.22 Å². The van der Waals surface area contributed by atoms with Crippen molar-refractivity contribution < 1.29 is 0 Å². The number of hydrogen-bond donors (Lipinski definition) is 0. The van der Waals surface area contributed by atoms with Crippen LogP contribution in [0.1, 0.15) is 64.2 Å². The van der Waals surface area contributed by atoms with Gasteiger partial charge in [-0.25, -0.2) is 0 Å². The quantitative estimate of drug-likeness (QED) is 0.330. The zero-order valence-electron chi connectivity index (χ0n) is 21.9. The Hall–Kier alpha value is -1.99. The van der Waals surface area contributed by atoms with Gasteiger partial charge in [-0.3, -0.25) is 9.34 Å². The van der Waals surface area contributed by atoms with E-state index in [1.54, 1.807) is 5.30 Å². The molecule has 3 aliphatic heterocycles. The van der Waals surface area contributed by atoms with Crippen molar-refractivity contribution in [3.8, 4) is 22.3 Å². The molecule has 0 spiro atoms. The molecule has 37 heavy (non-hydrogen) atoms. The second-order valence-electron chi connectivity index (χ2n) is 12.4. The molecule has 8 rings (SSSR count). The van der Waals surface area contributed by atoms with Gasteiger partial charge in [0.2, 0.25) is 0 Å². The van der Waals surface area contributed by atoms with E-state index in [0.29, 0.717) is 0 Å². The zero-order valence-corrected chi connectivity index (χ0v) is 22.8. The molecule has 3 aromatic carbocycles. The Labute approximate surface area is 223 Å². The van der Waals surface area contributed by atoms with Crippen molar-refractivity contribution >= 4 is 13.5 Å². The Morgan fingerprint density at radius 1 is 0.486 bits per heavy atom. The van der Waals surface area contributed by atoms with Gasteiger partial charge >= 0.3 is 0 Å². The van der Waals surface area contributed by atoms with Crippen molar-refractivity contribution in [1.29, 1.82) is 0 Å². The number of nitrogens with zero attached hydrogens (tertiary/aromatic N) is 2. The lowest BCUT2D eigenvalue weighted by molar-refractivity contribution is 0.250. The third-order valence-corrected chi connectivity index (χ3v) is 13.2. The van der Waals surface area contributed by atoms with Gasteiger partial charge in [-0.15, -0.1) is 0 Å². The molecule has 5 aliphatic rings. The van der Waals surface area contributed by atoms with Crippen LogP contribution in [0.15, 0.2) is 78.9 Å². The topological polar surface area (TPSA) is 6.48 Å². The maximum Gasteiger partial charge on any atom is 0.0736 e. The van der Waals surface area contributed by atoms with Crippen molar-refractivity contribution in [2.24, 2.45) is 11.8 Å². The van der Waals surface area contributed by atoms with Crippen molar-refractivity contribution in [2.45, 2.75) is 88.4 Å². The Bertz CT molecular complexity index is 1170. The fraction of sp³-hybridized carbons (Fsp3) is 0.471. The van der Waals surface area contributed by atoms with Gasteiger partial charge in [0.1, 0.15) is 0 Å². The van der Waals surface area contributed by atoms with Crippen LogP contribution in [0.3, 0.4) is 0 Å². The van der Waals surface area contributed by atoms with Crippen LogP contribution in [-0.4, -0.2) is 33.5 Å². The molecule has 3 heterocycles. The minimum atomic E-state index is -0.455. The largest absolute Gasteiger partial charge is 0.258 e. The second kappa shape index (κ2) is 9.33. The molecule has 0 amide bonds. The summed E-state index contributed by atoms with van der Waals surface area (Å²) in [6.45, 7) is 0. The van der Waals surface area contributed by atoms with Gasteiger partial charge in [0.25, 0.3) is 0 Å². The van der Waals surface area contributed by atoms with Crippen LogP contribution >= 0.6 is 8.22 Å².